The normalized spacial score (nSPS) is 15.7. The molecule has 0 saturated heterocycles. The fraction of sp³-hybridized carbons (Fsp3) is 0.647. The van der Waals surface area contributed by atoms with Crippen molar-refractivity contribution >= 4 is 0 Å². The molecule has 0 aromatic heterocycles. The minimum absolute atomic E-state index is 0.0399. The number of unbranched alkanes of at least 4 members (excludes halogenated alkanes) is 11. The van der Waals surface area contributed by atoms with Gasteiger partial charge in [0.05, 0.1) is 0 Å². The van der Waals surface area contributed by atoms with E-state index in [4.69, 9.17) is 0 Å². The summed E-state index contributed by atoms with van der Waals surface area (Å²) < 4.78 is 0. The maximum atomic E-state index is 2.68. The molecule has 1 aliphatic carbocycles. The third-order valence-corrected chi connectivity index (χ3v) is 13.7. The molecule has 0 radical (unpaired) electrons. The Morgan fingerprint density at radius 3 is 1.61 bits per heavy atom. The largest absolute Gasteiger partial charge is 0.0654 e. The minimum Gasteiger partial charge on any atom is -0.0654 e. The van der Waals surface area contributed by atoms with Gasteiger partial charge in [-0.3, -0.25) is 0 Å². The highest BCUT2D eigenvalue weighted by Crippen LogP contribution is 2.54. The molecule has 282 valence electrons. The third kappa shape index (κ3) is 9.61. The molecule has 0 fully saturated rings. The summed E-state index contributed by atoms with van der Waals surface area (Å²) in [7, 11) is 0. The van der Waals surface area contributed by atoms with E-state index >= 15 is 0 Å². The predicted octanol–water partition coefficient (Wildman–Crippen LogP) is 16.4. The minimum atomic E-state index is 0.0399. The number of aryl methyl sites for hydroxylation is 2. The molecular weight excluding hydrogens is 613 g/mol. The molecule has 0 heteroatoms. The fourth-order valence-electron chi connectivity index (χ4n) is 9.02. The lowest BCUT2D eigenvalue weighted by Crippen LogP contribution is -2.24. The van der Waals surface area contributed by atoms with Crippen molar-refractivity contribution in [2.75, 3.05) is 0 Å². The van der Waals surface area contributed by atoms with Crippen molar-refractivity contribution in [2.45, 2.75) is 214 Å². The van der Waals surface area contributed by atoms with Gasteiger partial charge in [0, 0.05) is 5.41 Å². The average molecular weight is 691 g/mol. The van der Waals surface area contributed by atoms with Crippen LogP contribution in [0.2, 0.25) is 0 Å². The lowest BCUT2D eigenvalue weighted by atomic mass is 9.72. The highest BCUT2D eigenvalue weighted by molar-refractivity contribution is 5.85. The summed E-state index contributed by atoms with van der Waals surface area (Å²) in [4.78, 5) is 0. The third-order valence-electron chi connectivity index (χ3n) is 13.7. The standard InChI is InChI=1S/C51H78/c1-11-17-20-23-24-27-34-51(10)47-37-40(30-32-43(47)44-33-31-42(38-48(44)51)50(9,15-5)16-6)45-35-41(29-26-22-19-13-3)46(49(7,8)14-4)36-39(45)28-25-21-18-12-2/h30-33,35-38H,11-29,34H2,1-10H3. The van der Waals surface area contributed by atoms with Crippen molar-refractivity contribution in [1.29, 1.82) is 0 Å². The van der Waals surface area contributed by atoms with Gasteiger partial charge >= 0.3 is 0 Å². The van der Waals surface area contributed by atoms with Gasteiger partial charge < -0.3 is 0 Å². The van der Waals surface area contributed by atoms with Crippen molar-refractivity contribution in [3.63, 3.8) is 0 Å². The molecule has 1 aliphatic rings. The summed E-state index contributed by atoms with van der Waals surface area (Å²) in [5.41, 5.74) is 15.9. The molecule has 3 aromatic carbocycles. The lowest BCUT2D eigenvalue weighted by Gasteiger charge is -2.32. The highest BCUT2D eigenvalue weighted by atomic mass is 14.4. The molecule has 4 rings (SSSR count). The van der Waals surface area contributed by atoms with Crippen LogP contribution in [0.3, 0.4) is 0 Å². The van der Waals surface area contributed by atoms with Crippen LogP contribution in [0.4, 0.5) is 0 Å². The van der Waals surface area contributed by atoms with Crippen molar-refractivity contribution < 1.29 is 0 Å². The molecular formula is C51H78. The van der Waals surface area contributed by atoms with Crippen molar-refractivity contribution in [3.05, 3.63) is 81.9 Å². The van der Waals surface area contributed by atoms with Gasteiger partial charge in [-0.2, -0.15) is 0 Å². The van der Waals surface area contributed by atoms with E-state index in [1.807, 2.05) is 0 Å². The first-order chi connectivity index (χ1) is 24.5. The Labute approximate surface area is 317 Å². The van der Waals surface area contributed by atoms with Crippen LogP contribution in [0.1, 0.15) is 218 Å². The van der Waals surface area contributed by atoms with Crippen LogP contribution >= 0.6 is 0 Å². The van der Waals surface area contributed by atoms with Gasteiger partial charge in [0.2, 0.25) is 0 Å². The Bertz CT molecular complexity index is 1510. The first-order valence-corrected chi connectivity index (χ1v) is 22.0. The second-order valence-corrected chi connectivity index (χ2v) is 17.7. The molecule has 0 N–H and O–H groups in total. The zero-order valence-electron chi connectivity index (χ0n) is 35.3. The van der Waals surface area contributed by atoms with Gasteiger partial charge in [-0.15, -0.1) is 0 Å². The van der Waals surface area contributed by atoms with Crippen LogP contribution < -0.4 is 0 Å². The molecule has 0 aliphatic heterocycles. The van der Waals surface area contributed by atoms with E-state index in [2.05, 4.69) is 118 Å². The Kier molecular flexibility index (Phi) is 15.5. The summed E-state index contributed by atoms with van der Waals surface area (Å²) in [6.45, 7) is 24.2. The lowest BCUT2D eigenvalue weighted by molar-refractivity contribution is 0.435. The van der Waals surface area contributed by atoms with Crippen LogP contribution in [-0.4, -0.2) is 0 Å². The second-order valence-electron chi connectivity index (χ2n) is 17.7. The summed E-state index contributed by atoms with van der Waals surface area (Å²) in [5.74, 6) is 0. The van der Waals surface area contributed by atoms with E-state index in [9.17, 15) is 0 Å². The number of fused-ring (bicyclic) bond motifs is 3. The van der Waals surface area contributed by atoms with E-state index in [0.717, 1.165) is 0 Å². The van der Waals surface area contributed by atoms with Crippen LogP contribution in [0.5, 0.6) is 0 Å². The van der Waals surface area contributed by atoms with Gasteiger partial charge in [-0.05, 0) is 124 Å². The van der Waals surface area contributed by atoms with E-state index in [1.54, 1.807) is 27.8 Å². The van der Waals surface area contributed by atoms with Crippen molar-refractivity contribution in [1.82, 2.24) is 0 Å². The van der Waals surface area contributed by atoms with Crippen LogP contribution in [0, 0.1) is 0 Å². The number of benzene rings is 3. The molecule has 0 amide bonds. The monoisotopic (exact) mass is 691 g/mol. The second kappa shape index (κ2) is 19.1. The van der Waals surface area contributed by atoms with Gasteiger partial charge in [0.15, 0.2) is 0 Å². The van der Waals surface area contributed by atoms with Gasteiger partial charge in [0.25, 0.3) is 0 Å². The van der Waals surface area contributed by atoms with E-state index < -0.39 is 0 Å². The molecule has 0 heterocycles. The smallest absolute Gasteiger partial charge is 0.0187 e. The Hall–Kier alpha value is -2.34. The van der Waals surface area contributed by atoms with Gasteiger partial charge in [-0.25, -0.2) is 0 Å². The summed E-state index contributed by atoms with van der Waals surface area (Å²) >= 11 is 0. The highest BCUT2D eigenvalue weighted by Gasteiger charge is 2.40. The number of rotatable bonds is 23. The fourth-order valence-corrected chi connectivity index (χ4v) is 9.02. The topological polar surface area (TPSA) is 0 Å². The van der Waals surface area contributed by atoms with Gasteiger partial charge in [0.1, 0.15) is 0 Å². The van der Waals surface area contributed by atoms with Gasteiger partial charge in [-0.1, -0.05) is 189 Å². The van der Waals surface area contributed by atoms with Crippen LogP contribution in [-0.2, 0) is 29.1 Å². The molecule has 1 unspecified atom stereocenters. The zero-order valence-corrected chi connectivity index (χ0v) is 35.3. The summed E-state index contributed by atoms with van der Waals surface area (Å²) in [5, 5.41) is 0. The maximum absolute atomic E-state index is 2.68. The Balaban J connectivity index is 1.86. The van der Waals surface area contributed by atoms with Crippen LogP contribution in [0.15, 0.2) is 48.5 Å². The summed E-state index contributed by atoms with van der Waals surface area (Å²) in [6.07, 6.45) is 25.7. The first kappa shape index (κ1) is 41.4. The average Bonchev–Trinajstić information content (AvgIpc) is 3.39. The molecule has 1 atom stereocenters. The number of hydrogen-bond acceptors (Lipinski definition) is 0. The molecule has 0 spiro atoms. The molecule has 51 heavy (non-hydrogen) atoms. The Morgan fingerprint density at radius 1 is 0.490 bits per heavy atom. The SMILES string of the molecule is CCCCCCCCC1(C)c2cc(-c3cc(CCCCCC)c(C(C)(C)CC)cc3CCCCCC)ccc2-c2ccc(C(C)(CC)CC)cc21. The molecule has 0 nitrogen and oxygen atoms in total. The molecule has 0 saturated carbocycles. The maximum Gasteiger partial charge on any atom is 0.0187 e. The first-order valence-electron chi connectivity index (χ1n) is 22.0. The summed E-state index contributed by atoms with van der Waals surface area (Å²) in [6, 6.07) is 20.6. The Morgan fingerprint density at radius 2 is 1.02 bits per heavy atom. The molecule has 0 bridgehead atoms. The van der Waals surface area contributed by atoms with Crippen molar-refractivity contribution in [3.8, 4) is 22.3 Å². The van der Waals surface area contributed by atoms with E-state index in [-0.39, 0.29) is 16.2 Å². The zero-order chi connectivity index (χ0) is 37.1. The van der Waals surface area contributed by atoms with Crippen molar-refractivity contribution in [2.24, 2.45) is 0 Å². The number of hydrogen-bond donors (Lipinski definition) is 0. The van der Waals surface area contributed by atoms with E-state index in [1.165, 1.54) is 156 Å². The molecule has 3 aromatic rings. The quantitative estimate of drug-likeness (QED) is 0.0869. The van der Waals surface area contributed by atoms with E-state index in [0.29, 0.717) is 0 Å². The predicted molar refractivity (Wildman–Crippen MR) is 229 cm³/mol. The van der Waals surface area contributed by atoms with Crippen LogP contribution in [0.25, 0.3) is 22.3 Å².